The fourth-order valence-corrected chi connectivity index (χ4v) is 2.25. The summed E-state index contributed by atoms with van der Waals surface area (Å²) in [5.41, 5.74) is 3.75. The van der Waals surface area contributed by atoms with Gasteiger partial charge in [-0.05, 0) is 42.2 Å². The van der Waals surface area contributed by atoms with E-state index in [0.29, 0.717) is 11.4 Å². The molecule has 0 radical (unpaired) electrons. The fourth-order valence-electron chi connectivity index (χ4n) is 2.25. The van der Waals surface area contributed by atoms with Crippen LogP contribution in [0.5, 0.6) is 0 Å². The van der Waals surface area contributed by atoms with Crippen molar-refractivity contribution >= 4 is 23.2 Å². The van der Waals surface area contributed by atoms with E-state index in [1.54, 1.807) is 0 Å². The van der Waals surface area contributed by atoms with Crippen molar-refractivity contribution in [3.63, 3.8) is 0 Å². The van der Waals surface area contributed by atoms with Gasteiger partial charge in [-0.2, -0.15) is 0 Å². The monoisotopic (exact) mass is 324 g/mol. The molecule has 0 aliphatic heterocycles. The first-order chi connectivity index (χ1) is 11.2. The predicted octanol–water partition coefficient (Wildman–Crippen LogP) is 4.26. The van der Waals surface area contributed by atoms with E-state index in [1.807, 2.05) is 55.5 Å². The second kappa shape index (κ2) is 7.30. The van der Waals surface area contributed by atoms with E-state index < -0.39 is 0 Å². The summed E-state index contributed by atoms with van der Waals surface area (Å²) in [4.78, 5) is 23.9. The van der Waals surface area contributed by atoms with Gasteiger partial charge in [-0.15, -0.1) is 0 Å². The summed E-state index contributed by atoms with van der Waals surface area (Å²) in [5, 5.41) is 5.46. The highest BCUT2D eigenvalue weighted by atomic mass is 16.2. The molecule has 0 fully saturated rings. The van der Waals surface area contributed by atoms with Crippen LogP contribution in [0.2, 0.25) is 0 Å². The van der Waals surface area contributed by atoms with Crippen molar-refractivity contribution in [3.8, 4) is 0 Å². The first kappa shape index (κ1) is 17.7. The molecular formula is C20H24N2O2. The van der Waals surface area contributed by atoms with Crippen molar-refractivity contribution in [2.45, 2.75) is 39.5 Å². The van der Waals surface area contributed by atoms with Crippen molar-refractivity contribution in [2.75, 3.05) is 10.6 Å². The molecule has 2 N–H and O–H groups in total. The van der Waals surface area contributed by atoms with Gasteiger partial charge in [0.05, 0.1) is 0 Å². The van der Waals surface area contributed by atoms with E-state index in [4.69, 9.17) is 0 Å². The smallest absolute Gasteiger partial charge is 0.233 e. The van der Waals surface area contributed by atoms with Crippen molar-refractivity contribution < 1.29 is 9.59 Å². The van der Waals surface area contributed by atoms with Gasteiger partial charge in [0, 0.05) is 11.4 Å². The fraction of sp³-hybridized carbons (Fsp3) is 0.300. The van der Waals surface area contributed by atoms with Crippen LogP contribution in [0.1, 0.15) is 38.3 Å². The largest absolute Gasteiger partial charge is 0.326 e. The van der Waals surface area contributed by atoms with Crippen LogP contribution in [0.3, 0.4) is 0 Å². The lowest BCUT2D eigenvalue weighted by molar-refractivity contribution is -0.123. The van der Waals surface area contributed by atoms with E-state index >= 15 is 0 Å². The Morgan fingerprint density at radius 3 is 1.62 bits per heavy atom. The number of hydrogen-bond acceptors (Lipinski definition) is 2. The van der Waals surface area contributed by atoms with Crippen molar-refractivity contribution in [1.29, 1.82) is 0 Å². The lowest BCUT2D eigenvalue weighted by Crippen LogP contribution is -2.21. The lowest BCUT2D eigenvalue weighted by Gasteiger charge is -2.19. The molecule has 0 saturated carbocycles. The van der Waals surface area contributed by atoms with Crippen LogP contribution in [0.4, 0.5) is 11.4 Å². The molecule has 0 spiro atoms. The molecule has 4 nitrogen and oxygen atoms in total. The van der Waals surface area contributed by atoms with E-state index in [0.717, 1.165) is 5.56 Å². The highest BCUT2D eigenvalue weighted by Gasteiger charge is 2.14. The first-order valence-electron chi connectivity index (χ1n) is 8.01. The third kappa shape index (κ3) is 5.23. The maximum Gasteiger partial charge on any atom is 0.233 e. The Hall–Kier alpha value is -2.62. The van der Waals surface area contributed by atoms with Crippen LogP contribution < -0.4 is 10.6 Å². The Morgan fingerprint density at radius 2 is 1.21 bits per heavy atom. The SMILES string of the molecule is Cc1ccc(NC(=O)CC(=O)Nc2ccc(C(C)(C)C)cc2)cc1. The molecular weight excluding hydrogens is 300 g/mol. The Balaban J connectivity index is 1.88. The molecule has 0 saturated heterocycles. The molecule has 0 aromatic heterocycles. The Kier molecular flexibility index (Phi) is 5.39. The van der Waals surface area contributed by atoms with Gasteiger partial charge in [0.2, 0.25) is 11.8 Å². The quantitative estimate of drug-likeness (QED) is 0.826. The minimum Gasteiger partial charge on any atom is -0.326 e. The highest BCUT2D eigenvalue weighted by Crippen LogP contribution is 2.23. The number of hydrogen-bond donors (Lipinski definition) is 2. The second-order valence-corrected chi connectivity index (χ2v) is 6.97. The molecule has 2 aromatic rings. The number of amides is 2. The highest BCUT2D eigenvalue weighted by molar-refractivity contribution is 6.08. The first-order valence-corrected chi connectivity index (χ1v) is 8.01. The summed E-state index contributed by atoms with van der Waals surface area (Å²) in [6, 6.07) is 15.1. The number of nitrogens with one attached hydrogen (secondary N) is 2. The average Bonchev–Trinajstić information content (AvgIpc) is 2.49. The summed E-state index contributed by atoms with van der Waals surface area (Å²) in [5.74, 6) is -0.661. The van der Waals surface area contributed by atoms with Crippen molar-refractivity contribution in [3.05, 3.63) is 59.7 Å². The molecule has 0 bridgehead atoms. The molecule has 126 valence electrons. The number of aryl methyl sites for hydroxylation is 1. The number of rotatable bonds is 4. The average molecular weight is 324 g/mol. The van der Waals surface area contributed by atoms with Gasteiger partial charge in [0.25, 0.3) is 0 Å². The molecule has 0 heterocycles. The molecule has 0 unspecified atom stereocenters. The zero-order valence-corrected chi connectivity index (χ0v) is 14.6. The Morgan fingerprint density at radius 1 is 0.792 bits per heavy atom. The third-order valence-corrected chi connectivity index (χ3v) is 3.69. The summed E-state index contributed by atoms with van der Waals surface area (Å²) in [6.45, 7) is 8.38. The third-order valence-electron chi connectivity index (χ3n) is 3.69. The number of anilines is 2. The van der Waals surface area contributed by atoms with Gasteiger partial charge in [-0.25, -0.2) is 0 Å². The molecule has 0 aliphatic rings. The van der Waals surface area contributed by atoms with Crippen LogP contribution >= 0.6 is 0 Å². The van der Waals surface area contributed by atoms with Crippen LogP contribution in [-0.2, 0) is 15.0 Å². The predicted molar refractivity (Wildman–Crippen MR) is 98.2 cm³/mol. The van der Waals surface area contributed by atoms with Crippen LogP contribution in [0, 0.1) is 6.92 Å². The summed E-state index contributed by atoms with van der Waals surface area (Å²) in [7, 11) is 0. The molecule has 2 amide bonds. The Labute approximate surface area is 143 Å². The van der Waals surface area contributed by atoms with E-state index in [2.05, 4.69) is 31.4 Å². The molecule has 2 aromatic carbocycles. The lowest BCUT2D eigenvalue weighted by atomic mass is 9.87. The second-order valence-electron chi connectivity index (χ2n) is 6.97. The molecule has 4 heteroatoms. The summed E-state index contributed by atoms with van der Waals surface area (Å²) < 4.78 is 0. The van der Waals surface area contributed by atoms with E-state index in [9.17, 15) is 9.59 Å². The van der Waals surface area contributed by atoms with Crippen LogP contribution in [-0.4, -0.2) is 11.8 Å². The van der Waals surface area contributed by atoms with Crippen LogP contribution in [0.25, 0.3) is 0 Å². The van der Waals surface area contributed by atoms with Crippen molar-refractivity contribution in [2.24, 2.45) is 0 Å². The summed E-state index contributed by atoms with van der Waals surface area (Å²) >= 11 is 0. The molecule has 0 atom stereocenters. The van der Waals surface area contributed by atoms with E-state index in [1.165, 1.54) is 5.56 Å². The molecule has 24 heavy (non-hydrogen) atoms. The minimum atomic E-state index is -0.331. The minimum absolute atomic E-state index is 0.0659. The van der Waals surface area contributed by atoms with Gasteiger partial charge < -0.3 is 10.6 Å². The zero-order valence-electron chi connectivity index (χ0n) is 14.6. The molecule has 2 rings (SSSR count). The topological polar surface area (TPSA) is 58.2 Å². The van der Waals surface area contributed by atoms with Crippen molar-refractivity contribution in [1.82, 2.24) is 0 Å². The number of benzene rings is 2. The zero-order chi connectivity index (χ0) is 17.7. The van der Waals surface area contributed by atoms with Gasteiger partial charge in [-0.3, -0.25) is 9.59 Å². The maximum absolute atomic E-state index is 12.0. The van der Waals surface area contributed by atoms with E-state index in [-0.39, 0.29) is 23.7 Å². The number of carbonyl (C=O) groups excluding carboxylic acids is 2. The number of carbonyl (C=O) groups is 2. The van der Waals surface area contributed by atoms with Gasteiger partial charge >= 0.3 is 0 Å². The maximum atomic E-state index is 12.0. The van der Waals surface area contributed by atoms with Gasteiger partial charge in [-0.1, -0.05) is 50.6 Å². The standard InChI is InChI=1S/C20H24N2O2/c1-14-5-9-16(10-6-14)21-18(23)13-19(24)22-17-11-7-15(8-12-17)20(2,3)4/h5-12H,13H2,1-4H3,(H,21,23)(H,22,24). The summed E-state index contributed by atoms with van der Waals surface area (Å²) in [6.07, 6.45) is -0.213. The van der Waals surface area contributed by atoms with Gasteiger partial charge in [0.1, 0.15) is 6.42 Å². The van der Waals surface area contributed by atoms with Crippen LogP contribution in [0.15, 0.2) is 48.5 Å². The normalized spacial score (nSPS) is 11.0. The molecule has 0 aliphatic carbocycles. The van der Waals surface area contributed by atoms with Gasteiger partial charge in [0.15, 0.2) is 0 Å². The Bertz CT molecular complexity index is 711.